The van der Waals surface area contributed by atoms with Gasteiger partial charge in [-0.1, -0.05) is 27.7 Å². The molecule has 0 aromatic rings. The van der Waals surface area contributed by atoms with Crippen LogP contribution in [-0.4, -0.2) is 23.8 Å². The molecule has 8 saturated carbocycles. The lowest BCUT2D eigenvalue weighted by atomic mass is 9.45. The predicted octanol–water partition coefficient (Wildman–Crippen LogP) is 8.90. The molecule has 8 aliphatic carbocycles. The van der Waals surface area contributed by atoms with E-state index in [9.17, 15) is 9.59 Å². The number of Topliss-reactive ketones (excluding diaryl/α,β-unsaturated/α-hetero) is 2. The van der Waals surface area contributed by atoms with Crippen LogP contribution in [-0.2, 0) is 19.4 Å². The number of hydrogen-bond donors (Lipinski definition) is 0. The van der Waals surface area contributed by atoms with Crippen molar-refractivity contribution in [3.05, 3.63) is 0 Å². The number of carbonyl (C=O) groups excluding carboxylic acids is 2. The SMILES string of the molecule is C[C@]12CC[C@@H](OO[C@@H]3CC[C@@]4(C)[C@@H](CC[C@@H]5[C@@H]4CC[C@]4(C)C(=O)CC[C@@H]54)C3)C[C@@H]1CC[C@@H]1[C@@H]2CC[C@]2(C)C(=O)CC[C@@H]12. The van der Waals surface area contributed by atoms with Crippen LogP contribution in [0.1, 0.15) is 143 Å². The van der Waals surface area contributed by atoms with E-state index < -0.39 is 0 Å². The van der Waals surface area contributed by atoms with Crippen molar-refractivity contribution in [2.24, 2.45) is 69.0 Å². The fraction of sp³-hybridized carbons (Fsp3) is 0.947. The van der Waals surface area contributed by atoms with Crippen molar-refractivity contribution in [3.63, 3.8) is 0 Å². The molecule has 0 bridgehead atoms. The Kier molecular flexibility index (Phi) is 6.75. The quantitative estimate of drug-likeness (QED) is 0.248. The Bertz CT molecular complexity index is 1030. The van der Waals surface area contributed by atoms with E-state index in [1.807, 2.05) is 0 Å². The van der Waals surface area contributed by atoms with Gasteiger partial charge in [0, 0.05) is 23.7 Å². The van der Waals surface area contributed by atoms with E-state index in [4.69, 9.17) is 9.78 Å². The second-order valence-corrected chi connectivity index (χ2v) is 18.1. The second-order valence-electron chi connectivity index (χ2n) is 18.1. The van der Waals surface area contributed by atoms with E-state index in [0.29, 0.717) is 34.2 Å². The van der Waals surface area contributed by atoms with Gasteiger partial charge in [0.1, 0.15) is 11.6 Å². The fourth-order valence-electron chi connectivity index (χ4n) is 14.3. The molecule has 0 aromatic carbocycles. The third-order valence-corrected chi connectivity index (χ3v) is 17.0. The zero-order valence-corrected chi connectivity index (χ0v) is 27.1. The minimum Gasteiger partial charge on any atom is -0.299 e. The van der Waals surface area contributed by atoms with E-state index in [0.717, 1.165) is 99.7 Å². The molecule has 0 aromatic heterocycles. The van der Waals surface area contributed by atoms with Crippen LogP contribution in [0.25, 0.3) is 0 Å². The lowest BCUT2D eigenvalue weighted by Crippen LogP contribution is -2.54. The van der Waals surface area contributed by atoms with Crippen LogP contribution in [0, 0.1) is 69.0 Å². The van der Waals surface area contributed by atoms with Gasteiger partial charge in [-0.2, -0.15) is 0 Å². The van der Waals surface area contributed by atoms with E-state index in [2.05, 4.69) is 27.7 Å². The smallest absolute Gasteiger partial charge is 0.139 e. The summed E-state index contributed by atoms with van der Waals surface area (Å²) in [5, 5.41) is 0. The van der Waals surface area contributed by atoms with Crippen molar-refractivity contribution >= 4 is 11.6 Å². The summed E-state index contributed by atoms with van der Waals surface area (Å²) in [6.07, 6.45) is 21.7. The molecule has 8 rings (SSSR count). The highest BCUT2D eigenvalue weighted by Crippen LogP contribution is 2.67. The maximum atomic E-state index is 12.8. The Morgan fingerprint density at radius 3 is 1.36 bits per heavy atom. The minimum atomic E-state index is -0.0129. The first-order valence-corrected chi connectivity index (χ1v) is 18.4. The van der Waals surface area contributed by atoms with E-state index in [-0.39, 0.29) is 23.0 Å². The van der Waals surface area contributed by atoms with Crippen LogP contribution < -0.4 is 0 Å². The Labute approximate surface area is 255 Å². The van der Waals surface area contributed by atoms with Crippen molar-refractivity contribution in [3.8, 4) is 0 Å². The topological polar surface area (TPSA) is 52.6 Å². The first kappa shape index (κ1) is 28.7. The summed E-state index contributed by atoms with van der Waals surface area (Å²) in [5.41, 5.74) is 0.810. The van der Waals surface area contributed by atoms with Crippen molar-refractivity contribution in [2.75, 3.05) is 0 Å². The number of fused-ring (bicyclic) bond motifs is 10. The molecule has 0 unspecified atom stereocenters. The van der Waals surface area contributed by atoms with E-state index >= 15 is 0 Å². The lowest BCUT2D eigenvalue weighted by Gasteiger charge is -2.60. The van der Waals surface area contributed by atoms with Gasteiger partial charge in [0.25, 0.3) is 0 Å². The average molecular weight is 579 g/mol. The summed E-state index contributed by atoms with van der Waals surface area (Å²) < 4.78 is 0. The summed E-state index contributed by atoms with van der Waals surface area (Å²) in [5.74, 6) is 7.04. The molecular weight excluding hydrogens is 520 g/mol. The van der Waals surface area contributed by atoms with Crippen LogP contribution in [0.4, 0.5) is 0 Å². The zero-order valence-electron chi connectivity index (χ0n) is 27.1. The highest BCUT2D eigenvalue weighted by Gasteiger charge is 2.62. The minimum absolute atomic E-state index is 0.0129. The number of rotatable bonds is 3. The first-order chi connectivity index (χ1) is 20.1. The highest BCUT2D eigenvalue weighted by atomic mass is 17.2. The zero-order chi connectivity index (χ0) is 29.1. The number of carbonyl (C=O) groups is 2. The van der Waals surface area contributed by atoms with Gasteiger partial charge in [0.2, 0.25) is 0 Å². The van der Waals surface area contributed by atoms with E-state index in [1.54, 1.807) is 0 Å². The monoisotopic (exact) mass is 578 g/mol. The molecule has 0 N–H and O–H groups in total. The van der Waals surface area contributed by atoms with Gasteiger partial charge in [-0.3, -0.25) is 9.59 Å². The van der Waals surface area contributed by atoms with Gasteiger partial charge >= 0.3 is 0 Å². The molecule has 0 saturated heterocycles. The second kappa shape index (κ2) is 9.88. The molecule has 0 aliphatic heterocycles. The Hall–Kier alpha value is -0.740. The normalized spacial score (nSPS) is 57.0. The van der Waals surface area contributed by atoms with Crippen LogP contribution in [0.5, 0.6) is 0 Å². The molecule has 42 heavy (non-hydrogen) atoms. The summed E-state index contributed by atoms with van der Waals surface area (Å²) in [7, 11) is 0. The van der Waals surface area contributed by atoms with Gasteiger partial charge in [-0.05, 0) is 161 Å². The predicted molar refractivity (Wildman–Crippen MR) is 163 cm³/mol. The summed E-state index contributed by atoms with van der Waals surface area (Å²) in [6.45, 7) is 9.83. The van der Waals surface area contributed by atoms with Crippen molar-refractivity contribution in [1.82, 2.24) is 0 Å². The summed E-state index contributed by atoms with van der Waals surface area (Å²) >= 11 is 0. The highest BCUT2D eigenvalue weighted by molar-refractivity contribution is 5.87. The number of ketones is 2. The molecule has 0 amide bonds. The average Bonchev–Trinajstić information content (AvgIpc) is 3.46. The van der Waals surface area contributed by atoms with Crippen LogP contribution in [0.15, 0.2) is 0 Å². The third-order valence-electron chi connectivity index (χ3n) is 17.0. The van der Waals surface area contributed by atoms with Crippen LogP contribution in [0.3, 0.4) is 0 Å². The first-order valence-electron chi connectivity index (χ1n) is 18.4. The van der Waals surface area contributed by atoms with E-state index in [1.165, 1.54) is 51.4 Å². The fourth-order valence-corrected chi connectivity index (χ4v) is 14.3. The molecule has 14 atom stereocenters. The largest absolute Gasteiger partial charge is 0.299 e. The Morgan fingerprint density at radius 2 is 0.929 bits per heavy atom. The Balaban J connectivity index is 0.867. The van der Waals surface area contributed by atoms with Gasteiger partial charge < -0.3 is 0 Å². The molecule has 0 radical (unpaired) electrons. The standard InChI is InChI=1S/C38H58O4/c1-35-17-13-25(21-23(35)5-7-27-29-9-11-33(39)37(29,3)19-15-31(27)35)41-42-26-14-18-36(2)24(22-26)6-8-28-30-10-12-34(40)38(30,4)20-16-32(28)36/h23-32H,5-22H2,1-4H3/t23-,24-,25+,26+,27-,28-,29-,30-,31-,32-,35-,36-,37-,38-/m0/s1. The molecule has 4 nitrogen and oxygen atoms in total. The van der Waals surface area contributed by atoms with Crippen LogP contribution in [0.2, 0.25) is 0 Å². The van der Waals surface area contributed by atoms with Gasteiger partial charge in [0.05, 0.1) is 12.2 Å². The van der Waals surface area contributed by atoms with Crippen molar-refractivity contribution in [1.29, 1.82) is 0 Å². The molecule has 8 aliphatic rings. The molecule has 234 valence electrons. The summed E-state index contributed by atoms with van der Waals surface area (Å²) in [4.78, 5) is 38.3. The molecule has 0 spiro atoms. The molecule has 4 heteroatoms. The number of hydrogen-bond acceptors (Lipinski definition) is 4. The lowest BCUT2D eigenvalue weighted by molar-refractivity contribution is -0.369. The summed E-state index contributed by atoms with van der Waals surface area (Å²) in [6, 6.07) is 0. The maximum absolute atomic E-state index is 12.8. The van der Waals surface area contributed by atoms with Gasteiger partial charge in [0.15, 0.2) is 0 Å². The third kappa shape index (κ3) is 3.97. The molecular formula is C38H58O4. The van der Waals surface area contributed by atoms with Gasteiger partial charge in [-0.25, -0.2) is 9.78 Å². The van der Waals surface area contributed by atoms with Crippen molar-refractivity contribution < 1.29 is 19.4 Å². The Morgan fingerprint density at radius 1 is 0.500 bits per heavy atom. The molecule has 8 fully saturated rings. The van der Waals surface area contributed by atoms with Gasteiger partial charge in [-0.15, -0.1) is 0 Å². The van der Waals surface area contributed by atoms with Crippen LogP contribution >= 0.6 is 0 Å². The van der Waals surface area contributed by atoms with Crippen molar-refractivity contribution in [2.45, 2.75) is 155 Å². The maximum Gasteiger partial charge on any atom is 0.139 e. The molecule has 0 heterocycles.